The maximum atomic E-state index is 6.37. The van der Waals surface area contributed by atoms with Gasteiger partial charge in [-0.05, 0) is 52.6 Å². The molecule has 16 heavy (non-hydrogen) atoms. The third-order valence-corrected chi connectivity index (χ3v) is 6.71. The van der Waals surface area contributed by atoms with Crippen molar-refractivity contribution in [2.45, 2.75) is 31.7 Å². The Labute approximate surface area is 113 Å². The van der Waals surface area contributed by atoms with Gasteiger partial charge in [0.25, 0.3) is 0 Å². The van der Waals surface area contributed by atoms with E-state index in [1.807, 2.05) is 6.07 Å². The summed E-state index contributed by atoms with van der Waals surface area (Å²) in [6, 6.07) is 2.24. The highest BCUT2D eigenvalue weighted by Crippen LogP contribution is 2.60. The molecule has 3 unspecified atom stereocenters. The minimum absolute atomic E-state index is 0.210. The molecule has 0 aromatic carbocycles. The predicted molar refractivity (Wildman–Crippen MR) is 72.9 cm³/mol. The SMILES string of the molecule is NC(c1cc(Cl)c(Br)s1)C1C2CCCCC21. The summed E-state index contributed by atoms with van der Waals surface area (Å²) >= 11 is 11.2. The van der Waals surface area contributed by atoms with E-state index in [-0.39, 0.29) is 6.04 Å². The van der Waals surface area contributed by atoms with Gasteiger partial charge in [-0.1, -0.05) is 24.4 Å². The van der Waals surface area contributed by atoms with Gasteiger partial charge in [-0.15, -0.1) is 11.3 Å². The molecule has 2 aliphatic carbocycles. The Morgan fingerprint density at radius 2 is 2.00 bits per heavy atom. The van der Waals surface area contributed by atoms with E-state index in [9.17, 15) is 0 Å². The zero-order valence-corrected chi connectivity index (χ0v) is 12.1. The van der Waals surface area contributed by atoms with E-state index in [1.54, 1.807) is 11.3 Å². The van der Waals surface area contributed by atoms with Gasteiger partial charge in [-0.3, -0.25) is 0 Å². The van der Waals surface area contributed by atoms with Crippen molar-refractivity contribution < 1.29 is 0 Å². The van der Waals surface area contributed by atoms with Crippen molar-refractivity contribution in [1.29, 1.82) is 0 Å². The molecule has 2 N–H and O–H groups in total. The first-order valence-electron chi connectivity index (χ1n) is 5.89. The van der Waals surface area contributed by atoms with Crippen molar-refractivity contribution >= 4 is 38.9 Å². The molecule has 88 valence electrons. The molecule has 1 nitrogen and oxygen atoms in total. The van der Waals surface area contributed by atoms with Gasteiger partial charge in [0.15, 0.2) is 0 Å². The largest absolute Gasteiger partial charge is 0.323 e. The standard InChI is InChI=1S/C12H15BrClNS/c13-12-8(14)5-9(16-12)11(15)10-6-3-1-2-4-7(6)10/h5-7,10-11H,1-4,15H2. The Bertz CT molecular complexity index is 374. The molecule has 0 amide bonds. The lowest BCUT2D eigenvalue weighted by Crippen LogP contribution is -2.12. The summed E-state index contributed by atoms with van der Waals surface area (Å²) in [4.78, 5) is 1.25. The van der Waals surface area contributed by atoms with Gasteiger partial charge < -0.3 is 5.73 Å². The summed E-state index contributed by atoms with van der Waals surface area (Å²) in [5, 5.41) is 0.805. The molecule has 0 spiro atoms. The molecular weight excluding hydrogens is 306 g/mol. The molecule has 0 saturated heterocycles. The van der Waals surface area contributed by atoms with Crippen LogP contribution >= 0.6 is 38.9 Å². The molecule has 2 fully saturated rings. The molecule has 3 atom stereocenters. The van der Waals surface area contributed by atoms with E-state index in [2.05, 4.69) is 15.9 Å². The van der Waals surface area contributed by atoms with Crippen LogP contribution in [0.5, 0.6) is 0 Å². The quantitative estimate of drug-likeness (QED) is 0.846. The van der Waals surface area contributed by atoms with Crippen LogP contribution in [-0.4, -0.2) is 0 Å². The Kier molecular flexibility index (Phi) is 3.07. The van der Waals surface area contributed by atoms with Gasteiger partial charge in [-0.25, -0.2) is 0 Å². The fraction of sp³-hybridized carbons (Fsp3) is 0.667. The van der Waals surface area contributed by atoms with E-state index in [1.165, 1.54) is 30.6 Å². The van der Waals surface area contributed by atoms with E-state index < -0.39 is 0 Å². The first-order chi connectivity index (χ1) is 7.68. The van der Waals surface area contributed by atoms with Crippen LogP contribution in [0.4, 0.5) is 0 Å². The fourth-order valence-corrected chi connectivity index (χ4v) is 5.10. The third kappa shape index (κ3) is 1.86. The van der Waals surface area contributed by atoms with Crippen LogP contribution in [-0.2, 0) is 0 Å². The Hall–Kier alpha value is 0.430. The minimum atomic E-state index is 0.210. The summed E-state index contributed by atoms with van der Waals surface area (Å²) in [7, 11) is 0. The molecule has 4 heteroatoms. The molecule has 1 heterocycles. The van der Waals surface area contributed by atoms with Crippen molar-refractivity contribution in [3.63, 3.8) is 0 Å². The molecule has 0 aliphatic heterocycles. The first-order valence-corrected chi connectivity index (χ1v) is 7.87. The number of thiophene rings is 1. The van der Waals surface area contributed by atoms with Crippen LogP contribution in [0.25, 0.3) is 0 Å². The molecule has 0 bridgehead atoms. The van der Waals surface area contributed by atoms with Crippen molar-refractivity contribution in [3.05, 3.63) is 19.8 Å². The van der Waals surface area contributed by atoms with Gasteiger partial charge in [0.1, 0.15) is 0 Å². The normalized spacial score (nSPS) is 34.6. The highest BCUT2D eigenvalue weighted by Gasteiger charge is 2.53. The zero-order chi connectivity index (χ0) is 11.3. The number of hydrogen-bond acceptors (Lipinski definition) is 2. The molecule has 0 radical (unpaired) electrons. The third-order valence-electron chi connectivity index (χ3n) is 4.13. The Balaban J connectivity index is 1.76. The summed E-state index contributed by atoms with van der Waals surface area (Å²) < 4.78 is 1.02. The zero-order valence-electron chi connectivity index (χ0n) is 8.96. The number of halogens is 2. The lowest BCUT2D eigenvalue weighted by molar-refractivity contribution is 0.480. The van der Waals surface area contributed by atoms with Gasteiger partial charge >= 0.3 is 0 Å². The minimum Gasteiger partial charge on any atom is -0.323 e. The smallest absolute Gasteiger partial charge is 0.0887 e. The Morgan fingerprint density at radius 1 is 1.38 bits per heavy atom. The molecule has 3 rings (SSSR count). The average molecular weight is 321 g/mol. The lowest BCUT2D eigenvalue weighted by atomic mass is 10.0. The van der Waals surface area contributed by atoms with E-state index in [0.29, 0.717) is 0 Å². The number of rotatable bonds is 2. The van der Waals surface area contributed by atoms with Crippen LogP contribution in [0, 0.1) is 17.8 Å². The maximum absolute atomic E-state index is 6.37. The molecular formula is C12H15BrClNS. The van der Waals surface area contributed by atoms with Crippen LogP contribution in [0.3, 0.4) is 0 Å². The second-order valence-corrected chi connectivity index (χ2v) is 7.79. The fourth-order valence-electron chi connectivity index (χ4n) is 3.30. The molecule has 1 aromatic rings. The Morgan fingerprint density at radius 3 is 2.50 bits per heavy atom. The van der Waals surface area contributed by atoms with Gasteiger partial charge in [0, 0.05) is 10.9 Å². The number of hydrogen-bond donors (Lipinski definition) is 1. The van der Waals surface area contributed by atoms with Crippen LogP contribution < -0.4 is 5.73 Å². The molecule has 2 saturated carbocycles. The van der Waals surface area contributed by atoms with Gasteiger partial charge in [-0.2, -0.15) is 0 Å². The topological polar surface area (TPSA) is 26.0 Å². The van der Waals surface area contributed by atoms with Crippen molar-refractivity contribution in [2.75, 3.05) is 0 Å². The first kappa shape index (κ1) is 11.5. The van der Waals surface area contributed by atoms with Crippen LogP contribution in [0.2, 0.25) is 5.02 Å². The summed E-state index contributed by atoms with van der Waals surface area (Å²) in [6.45, 7) is 0. The number of nitrogens with two attached hydrogens (primary N) is 1. The second kappa shape index (κ2) is 4.27. The predicted octanol–water partition coefficient (Wildman–Crippen LogP) is 4.60. The molecule has 1 aromatic heterocycles. The highest BCUT2D eigenvalue weighted by molar-refractivity contribution is 9.11. The highest BCUT2D eigenvalue weighted by atomic mass is 79.9. The monoisotopic (exact) mass is 319 g/mol. The average Bonchev–Trinajstić information content (AvgIpc) is 2.91. The van der Waals surface area contributed by atoms with E-state index in [4.69, 9.17) is 17.3 Å². The van der Waals surface area contributed by atoms with Crippen molar-refractivity contribution in [3.8, 4) is 0 Å². The van der Waals surface area contributed by atoms with Gasteiger partial charge in [0.2, 0.25) is 0 Å². The summed E-state index contributed by atoms with van der Waals surface area (Å²) in [6.07, 6.45) is 5.59. The van der Waals surface area contributed by atoms with E-state index in [0.717, 1.165) is 26.6 Å². The van der Waals surface area contributed by atoms with Crippen LogP contribution in [0.1, 0.15) is 36.6 Å². The van der Waals surface area contributed by atoms with Crippen molar-refractivity contribution in [2.24, 2.45) is 23.5 Å². The van der Waals surface area contributed by atoms with Crippen LogP contribution in [0.15, 0.2) is 9.85 Å². The summed E-state index contributed by atoms with van der Waals surface area (Å²) in [5.41, 5.74) is 6.37. The number of fused-ring (bicyclic) bond motifs is 1. The summed E-state index contributed by atoms with van der Waals surface area (Å²) in [5.74, 6) is 2.54. The maximum Gasteiger partial charge on any atom is 0.0887 e. The van der Waals surface area contributed by atoms with E-state index >= 15 is 0 Å². The lowest BCUT2D eigenvalue weighted by Gasteiger charge is -2.08. The second-order valence-electron chi connectivity index (χ2n) is 4.99. The molecule has 2 aliphatic rings. The van der Waals surface area contributed by atoms with Gasteiger partial charge in [0.05, 0.1) is 8.81 Å². The van der Waals surface area contributed by atoms with Crippen molar-refractivity contribution in [1.82, 2.24) is 0 Å².